The van der Waals surface area contributed by atoms with Crippen molar-refractivity contribution in [3.05, 3.63) is 71.7 Å². The van der Waals surface area contributed by atoms with Gasteiger partial charge in [-0.05, 0) is 55.8 Å². The molecule has 0 bridgehead atoms. The molecule has 34 heavy (non-hydrogen) atoms. The van der Waals surface area contributed by atoms with Crippen molar-refractivity contribution in [1.82, 2.24) is 30.4 Å². The summed E-state index contributed by atoms with van der Waals surface area (Å²) in [6, 6.07) is 17.5. The van der Waals surface area contributed by atoms with Gasteiger partial charge in [-0.3, -0.25) is 4.79 Å². The highest BCUT2D eigenvalue weighted by molar-refractivity contribution is 5.82. The van der Waals surface area contributed by atoms with E-state index in [1.807, 2.05) is 66.5 Å². The number of likely N-dealkylation sites (N-methyl/N-ethyl adjacent to an activating group) is 1. The average molecular weight is 461 g/mol. The maximum absolute atomic E-state index is 13.3. The van der Waals surface area contributed by atoms with Crippen LogP contribution in [0, 0.1) is 0 Å². The highest BCUT2D eigenvalue weighted by Gasteiger charge is 2.26. The first-order valence-electron chi connectivity index (χ1n) is 11.6. The molecule has 0 saturated carbocycles. The van der Waals surface area contributed by atoms with E-state index in [4.69, 9.17) is 9.15 Å². The Kier molecular flexibility index (Phi) is 6.53. The number of nitrogens with one attached hydrogen (secondary N) is 1. The maximum atomic E-state index is 13.3. The average Bonchev–Trinajstić information content (AvgIpc) is 3.63. The van der Waals surface area contributed by atoms with E-state index in [0.717, 1.165) is 36.2 Å². The van der Waals surface area contributed by atoms with Crippen LogP contribution >= 0.6 is 0 Å². The zero-order valence-electron chi connectivity index (χ0n) is 19.2. The molecule has 1 aliphatic rings. The van der Waals surface area contributed by atoms with E-state index in [1.54, 1.807) is 0 Å². The smallest absolute Gasteiger partial charge is 0.230 e. The predicted octanol–water partition coefficient (Wildman–Crippen LogP) is 3.36. The normalized spacial score (nSPS) is 15.0. The van der Waals surface area contributed by atoms with Gasteiger partial charge in [-0.2, -0.15) is 5.21 Å². The zero-order valence-corrected chi connectivity index (χ0v) is 19.2. The Morgan fingerprint density at radius 3 is 2.82 bits per heavy atom. The van der Waals surface area contributed by atoms with Gasteiger partial charge >= 0.3 is 0 Å². The number of furan rings is 1. The van der Waals surface area contributed by atoms with Crippen molar-refractivity contribution in [3.8, 4) is 5.75 Å². The second kappa shape index (κ2) is 10.0. The van der Waals surface area contributed by atoms with Gasteiger partial charge < -0.3 is 19.0 Å². The Morgan fingerprint density at radius 1 is 1.18 bits per heavy atom. The van der Waals surface area contributed by atoms with E-state index in [9.17, 15) is 4.79 Å². The number of nitrogens with zero attached hydrogens (tertiary/aromatic N) is 5. The summed E-state index contributed by atoms with van der Waals surface area (Å²) in [4.78, 5) is 17.6. The molecular weight excluding hydrogens is 432 g/mol. The van der Waals surface area contributed by atoms with Crippen LogP contribution in [-0.4, -0.2) is 63.0 Å². The van der Waals surface area contributed by atoms with E-state index >= 15 is 0 Å². The van der Waals surface area contributed by atoms with Gasteiger partial charge in [0.2, 0.25) is 11.7 Å². The van der Waals surface area contributed by atoms with Crippen LogP contribution in [0.4, 0.5) is 0 Å². The molecule has 2 aromatic heterocycles. The number of hydrogen-bond donors (Lipinski definition) is 1. The van der Waals surface area contributed by atoms with Gasteiger partial charge in [0.25, 0.3) is 0 Å². The number of tetrazole rings is 1. The quantitative estimate of drug-likeness (QED) is 0.409. The van der Waals surface area contributed by atoms with Crippen LogP contribution in [0.1, 0.15) is 36.0 Å². The van der Waals surface area contributed by atoms with Gasteiger partial charge in [0.15, 0.2) is 6.61 Å². The Bertz CT molecular complexity index is 1200. The molecule has 0 spiro atoms. The summed E-state index contributed by atoms with van der Waals surface area (Å²) in [6.45, 7) is 3.10. The number of carbonyl (C=O) groups is 1. The van der Waals surface area contributed by atoms with Crippen LogP contribution in [0.3, 0.4) is 0 Å². The molecule has 176 valence electrons. The van der Waals surface area contributed by atoms with Crippen molar-refractivity contribution in [2.75, 3.05) is 26.7 Å². The van der Waals surface area contributed by atoms with Gasteiger partial charge in [-0.1, -0.05) is 35.5 Å². The number of para-hydroxylation sites is 1. The molecule has 1 saturated heterocycles. The van der Waals surface area contributed by atoms with Crippen LogP contribution in [0.15, 0.2) is 59.0 Å². The number of fused-ring (bicyclic) bond motifs is 1. The van der Waals surface area contributed by atoms with Gasteiger partial charge in [-0.25, -0.2) is 0 Å². The number of carbonyl (C=O) groups excluding carboxylic acids is 1. The lowest BCUT2D eigenvalue weighted by molar-refractivity contribution is -0.132. The number of hydrogen-bond acceptors (Lipinski definition) is 7. The molecule has 1 aliphatic heterocycles. The first-order chi connectivity index (χ1) is 16.7. The summed E-state index contributed by atoms with van der Waals surface area (Å²) in [5, 5.41) is 14.8. The third kappa shape index (κ3) is 5.09. The summed E-state index contributed by atoms with van der Waals surface area (Å²) in [7, 11) is 1.87. The maximum Gasteiger partial charge on any atom is 0.230 e. The molecule has 3 heterocycles. The summed E-state index contributed by atoms with van der Waals surface area (Å²) in [6.07, 6.45) is 2.60. The highest BCUT2D eigenvalue weighted by atomic mass is 16.5. The van der Waals surface area contributed by atoms with E-state index in [-0.39, 0.29) is 25.0 Å². The lowest BCUT2D eigenvalue weighted by atomic mass is 10.0. The molecule has 1 fully saturated rings. The van der Waals surface area contributed by atoms with Gasteiger partial charge in [-0.15, -0.1) is 10.2 Å². The minimum atomic E-state index is -0.108. The monoisotopic (exact) mass is 460 g/mol. The fraction of sp³-hybridized carbons (Fsp3) is 0.360. The molecule has 0 aliphatic carbocycles. The molecule has 9 nitrogen and oxygen atoms in total. The van der Waals surface area contributed by atoms with Crippen LogP contribution in [0.5, 0.6) is 5.75 Å². The molecule has 2 aromatic carbocycles. The Balaban J connectivity index is 1.34. The first-order valence-corrected chi connectivity index (χ1v) is 11.6. The van der Waals surface area contributed by atoms with Gasteiger partial charge in [0.05, 0.1) is 12.5 Å². The summed E-state index contributed by atoms with van der Waals surface area (Å²) in [5.41, 5.74) is 1.82. The molecule has 1 amide bonds. The standard InChI is InChI=1S/C25H28N6O3/c1-30(25(32)15-21-14-19-7-2-3-10-23(19)34-21)22(16-31-11-4-5-12-31)18-8-6-9-20(13-18)33-17-24-26-28-29-27-24/h2-3,6-10,13-14,22H,4-5,11-12,15-17H2,1H3,(H,26,27,28,29)/t22-/m1/s1. The molecule has 1 N–H and O–H groups in total. The van der Waals surface area contributed by atoms with Crippen LogP contribution in [0.2, 0.25) is 0 Å². The van der Waals surface area contributed by atoms with E-state index in [0.29, 0.717) is 17.3 Å². The number of ether oxygens (including phenoxy) is 1. The molecule has 5 rings (SSSR count). The second-order valence-electron chi connectivity index (χ2n) is 8.64. The lowest BCUT2D eigenvalue weighted by Crippen LogP contribution is -2.39. The number of aromatic nitrogens is 4. The summed E-state index contributed by atoms with van der Waals surface area (Å²) in [5.74, 6) is 1.88. The van der Waals surface area contributed by atoms with Crippen LogP contribution in [0.25, 0.3) is 11.0 Å². The van der Waals surface area contributed by atoms with Gasteiger partial charge in [0.1, 0.15) is 17.1 Å². The van der Waals surface area contributed by atoms with Crippen LogP contribution in [-0.2, 0) is 17.8 Å². The lowest BCUT2D eigenvalue weighted by Gasteiger charge is -2.32. The third-order valence-electron chi connectivity index (χ3n) is 6.29. The molecular formula is C25H28N6O3. The van der Waals surface area contributed by atoms with Crippen molar-refractivity contribution >= 4 is 16.9 Å². The molecule has 9 heteroatoms. The Morgan fingerprint density at radius 2 is 2.03 bits per heavy atom. The van der Waals surface area contributed by atoms with Crippen molar-refractivity contribution in [2.45, 2.75) is 31.9 Å². The number of rotatable bonds is 9. The number of likely N-dealkylation sites (tertiary alicyclic amines) is 1. The van der Waals surface area contributed by atoms with E-state index in [2.05, 4.69) is 25.5 Å². The fourth-order valence-corrected chi connectivity index (χ4v) is 4.44. The van der Waals surface area contributed by atoms with Gasteiger partial charge in [0, 0.05) is 19.0 Å². The number of H-pyrrole nitrogens is 1. The van der Waals surface area contributed by atoms with Crippen molar-refractivity contribution in [1.29, 1.82) is 0 Å². The molecule has 1 atom stereocenters. The largest absolute Gasteiger partial charge is 0.485 e. The summed E-state index contributed by atoms with van der Waals surface area (Å²) >= 11 is 0. The SMILES string of the molecule is CN(C(=O)Cc1cc2ccccc2o1)[C@H](CN1CCCC1)c1cccc(OCc2nn[nH]n2)c1. The Labute approximate surface area is 197 Å². The number of amides is 1. The first kappa shape index (κ1) is 22.1. The number of benzene rings is 2. The van der Waals surface area contributed by atoms with Crippen molar-refractivity contribution < 1.29 is 13.9 Å². The van der Waals surface area contributed by atoms with Crippen molar-refractivity contribution in [2.24, 2.45) is 0 Å². The highest BCUT2D eigenvalue weighted by Crippen LogP contribution is 2.28. The third-order valence-corrected chi connectivity index (χ3v) is 6.29. The molecule has 0 unspecified atom stereocenters. The van der Waals surface area contributed by atoms with Crippen molar-refractivity contribution in [3.63, 3.8) is 0 Å². The molecule has 4 aromatic rings. The zero-order chi connectivity index (χ0) is 23.3. The molecule has 0 radical (unpaired) electrons. The fourth-order valence-electron chi connectivity index (χ4n) is 4.44. The number of aromatic amines is 1. The summed E-state index contributed by atoms with van der Waals surface area (Å²) < 4.78 is 11.8. The van der Waals surface area contributed by atoms with E-state index in [1.165, 1.54) is 12.8 Å². The predicted molar refractivity (Wildman–Crippen MR) is 126 cm³/mol. The van der Waals surface area contributed by atoms with E-state index < -0.39 is 0 Å². The minimum absolute atomic E-state index is 0.0152. The minimum Gasteiger partial charge on any atom is -0.485 e. The second-order valence-corrected chi connectivity index (χ2v) is 8.64. The van der Waals surface area contributed by atoms with Crippen LogP contribution < -0.4 is 4.74 Å². The Hall–Kier alpha value is -3.72. The topological polar surface area (TPSA) is 100 Å².